The number of phenolic OH excluding ortho intramolecular Hbond substituents is 2. The highest BCUT2D eigenvalue weighted by Gasteiger charge is 2.27. The van der Waals surface area contributed by atoms with Crippen molar-refractivity contribution < 1.29 is 61.7 Å². The maximum absolute atomic E-state index is 12.6. The highest BCUT2D eigenvalue weighted by molar-refractivity contribution is 7.91. The van der Waals surface area contributed by atoms with E-state index < -0.39 is 90.4 Å². The number of phenols is 2. The molecule has 3 rings (SSSR count). The number of nitrogens with two attached hydrogens (primary N) is 1. The zero-order valence-electron chi connectivity index (χ0n) is 18.9. The third kappa shape index (κ3) is 6.96. The van der Waals surface area contributed by atoms with Gasteiger partial charge in [0.1, 0.15) is 21.2 Å². The predicted octanol–water partition coefficient (Wildman–Crippen LogP) is 1.34. The summed E-state index contributed by atoms with van der Waals surface area (Å²) in [7, 11) is -20.1. The molecule has 0 bridgehead atoms. The summed E-state index contributed by atoms with van der Waals surface area (Å²) in [6.07, 6.45) is 0. The van der Waals surface area contributed by atoms with Crippen LogP contribution in [0.25, 0.3) is 10.8 Å². The topological polar surface area (TPSA) is 298 Å². The van der Waals surface area contributed by atoms with Crippen LogP contribution in [-0.2, 0) is 44.7 Å². The Bertz CT molecular complexity index is 1950. The molecule has 212 valence electrons. The monoisotopic (exact) mass is 627 g/mol. The standard InChI is InChI=1S/C18H17N3O14S4/c19-10-1-2-12-9(5-10)6-14(37(26,27)28)16(17(12)22)21-20-13-7-11(8-15(18(13)23)38(29,30)31)36(24,25)4-3-35-39(32,33)34/h1-2,5-8,22-23H,3-4,19H2,(H,26,27,28)(H,29,30,31)(H,32,33,34). The second kappa shape index (κ2) is 10.3. The van der Waals surface area contributed by atoms with Gasteiger partial charge in [-0.05, 0) is 41.8 Å². The first kappa shape index (κ1) is 30.1. The van der Waals surface area contributed by atoms with Crippen molar-refractivity contribution in [3.8, 4) is 11.5 Å². The van der Waals surface area contributed by atoms with Gasteiger partial charge in [0, 0.05) is 11.1 Å². The normalized spacial score (nSPS) is 13.3. The molecule has 0 saturated carbocycles. The van der Waals surface area contributed by atoms with Crippen molar-refractivity contribution in [1.29, 1.82) is 0 Å². The molecular formula is C18H17N3O14S4. The van der Waals surface area contributed by atoms with Crippen molar-refractivity contribution in [2.45, 2.75) is 14.7 Å². The van der Waals surface area contributed by atoms with E-state index in [4.69, 9.17) is 10.3 Å². The molecule has 7 N–H and O–H groups in total. The first-order valence-corrected chi connectivity index (χ1v) is 15.7. The highest BCUT2D eigenvalue weighted by Crippen LogP contribution is 2.43. The maximum Gasteiger partial charge on any atom is 0.397 e. The highest BCUT2D eigenvalue weighted by atomic mass is 32.3. The molecule has 0 unspecified atom stereocenters. The lowest BCUT2D eigenvalue weighted by Gasteiger charge is -2.11. The second-order valence-electron chi connectivity index (χ2n) is 7.56. The van der Waals surface area contributed by atoms with Crippen LogP contribution in [0.3, 0.4) is 0 Å². The number of sulfone groups is 1. The minimum atomic E-state index is -5.32. The molecule has 0 aromatic heterocycles. The van der Waals surface area contributed by atoms with E-state index in [0.717, 1.165) is 6.07 Å². The largest absolute Gasteiger partial charge is 0.505 e. The van der Waals surface area contributed by atoms with Gasteiger partial charge in [0.25, 0.3) is 20.2 Å². The van der Waals surface area contributed by atoms with Crippen LogP contribution >= 0.6 is 0 Å². The van der Waals surface area contributed by atoms with Crippen LogP contribution in [0.15, 0.2) is 61.3 Å². The first-order chi connectivity index (χ1) is 17.7. The Balaban J connectivity index is 2.24. The molecule has 0 aliphatic heterocycles. The van der Waals surface area contributed by atoms with Gasteiger partial charge in [-0.25, -0.2) is 12.6 Å². The Morgan fingerprint density at radius 2 is 1.38 bits per heavy atom. The molecule has 0 fully saturated rings. The van der Waals surface area contributed by atoms with E-state index in [0.29, 0.717) is 12.1 Å². The molecule has 21 heteroatoms. The number of aromatic hydroxyl groups is 2. The summed E-state index contributed by atoms with van der Waals surface area (Å²) in [4.78, 5) is -3.35. The van der Waals surface area contributed by atoms with Crippen molar-refractivity contribution >= 4 is 68.3 Å². The number of benzene rings is 3. The van der Waals surface area contributed by atoms with E-state index >= 15 is 0 Å². The summed E-state index contributed by atoms with van der Waals surface area (Å²) in [5.41, 5.74) is 3.91. The number of nitrogens with zero attached hydrogens (tertiary/aromatic N) is 2. The van der Waals surface area contributed by atoms with Gasteiger partial charge in [-0.1, -0.05) is 0 Å². The second-order valence-corrected chi connectivity index (χ2v) is 13.5. The van der Waals surface area contributed by atoms with Crippen molar-refractivity contribution in [2.75, 3.05) is 18.1 Å². The van der Waals surface area contributed by atoms with Crippen LogP contribution in [-0.4, -0.2) is 69.9 Å². The molecule has 0 aliphatic rings. The van der Waals surface area contributed by atoms with Crippen LogP contribution < -0.4 is 5.73 Å². The fourth-order valence-corrected chi connectivity index (χ4v) is 6.04. The lowest BCUT2D eigenvalue weighted by atomic mass is 10.1. The number of rotatable bonds is 9. The molecule has 0 aliphatic carbocycles. The summed E-state index contributed by atoms with van der Waals surface area (Å²) < 4.78 is 125. The van der Waals surface area contributed by atoms with Crippen molar-refractivity contribution in [2.24, 2.45) is 10.2 Å². The molecule has 0 amide bonds. The number of hydrogen-bond acceptors (Lipinski definition) is 14. The van der Waals surface area contributed by atoms with E-state index in [2.05, 4.69) is 14.4 Å². The van der Waals surface area contributed by atoms with Crippen LogP contribution in [0, 0.1) is 0 Å². The van der Waals surface area contributed by atoms with Gasteiger partial charge in [0.05, 0.1) is 17.3 Å². The molecule has 0 radical (unpaired) electrons. The predicted molar refractivity (Wildman–Crippen MR) is 131 cm³/mol. The van der Waals surface area contributed by atoms with Gasteiger partial charge in [-0.3, -0.25) is 13.7 Å². The van der Waals surface area contributed by atoms with E-state index in [-0.39, 0.29) is 16.5 Å². The number of nitrogen functional groups attached to an aromatic ring is 1. The first-order valence-electron chi connectivity index (χ1n) is 9.84. The van der Waals surface area contributed by atoms with E-state index in [1.165, 1.54) is 18.2 Å². The molecule has 0 saturated heterocycles. The fourth-order valence-electron chi connectivity index (χ4n) is 3.16. The van der Waals surface area contributed by atoms with Gasteiger partial charge in [0.2, 0.25) is 0 Å². The third-order valence-corrected chi connectivity index (χ3v) is 8.72. The number of azo groups is 1. The summed E-state index contributed by atoms with van der Waals surface area (Å²) in [5.74, 6) is -3.36. The van der Waals surface area contributed by atoms with E-state index in [9.17, 15) is 53.0 Å². The van der Waals surface area contributed by atoms with Crippen molar-refractivity contribution in [3.63, 3.8) is 0 Å². The quantitative estimate of drug-likeness (QED) is 0.111. The molecule has 0 atom stereocenters. The Morgan fingerprint density at radius 1 is 0.769 bits per heavy atom. The summed E-state index contributed by atoms with van der Waals surface area (Å²) in [6.45, 7) is -1.12. The van der Waals surface area contributed by atoms with Crippen LogP contribution in [0.1, 0.15) is 0 Å². The minimum absolute atomic E-state index is 0.0245. The summed E-state index contributed by atoms with van der Waals surface area (Å²) in [6, 6.07) is 5.54. The van der Waals surface area contributed by atoms with Gasteiger partial charge < -0.3 is 15.9 Å². The molecule has 0 spiro atoms. The number of hydrogen-bond donors (Lipinski definition) is 6. The van der Waals surface area contributed by atoms with Crippen LogP contribution in [0.2, 0.25) is 0 Å². The summed E-state index contributed by atoms with van der Waals surface area (Å²) in [5, 5.41) is 27.8. The maximum atomic E-state index is 12.6. The van der Waals surface area contributed by atoms with E-state index in [1.54, 1.807) is 0 Å². The molecule has 3 aromatic carbocycles. The van der Waals surface area contributed by atoms with Crippen LogP contribution in [0.4, 0.5) is 17.1 Å². The zero-order valence-corrected chi connectivity index (χ0v) is 22.2. The number of anilines is 1. The zero-order chi connectivity index (χ0) is 29.6. The van der Waals surface area contributed by atoms with Gasteiger partial charge in [-0.15, -0.1) is 10.2 Å². The fraction of sp³-hybridized carbons (Fsp3) is 0.111. The Morgan fingerprint density at radius 3 is 1.95 bits per heavy atom. The lowest BCUT2D eigenvalue weighted by Crippen LogP contribution is -2.16. The number of fused-ring (bicyclic) bond motifs is 1. The molecule has 0 heterocycles. The SMILES string of the molecule is Nc1ccc2c(O)c(N=Nc3cc(S(=O)(=O)CCOS(=O)(=O)O)cc(S(=O)(=O)O)c3O)c(S(=O)(=O)O)cc2c1. The average Bonchev–Trinajstić information content (AvgIpc) is 2.76. The van der Waals surface area contributed by atoms with E-state index in [1.807, 2.05) is 0 Å². The minimum Gasteiger partial charge on any atom is -0.505 e. The Labute approximate surface area is 220 Å². The average molecular weight is 628 g/mol. The third-order valence-electron chi connectivity index (χ3n) is 4.86. The van der Waals surface area contributed by atoms with Crippen molar-refractivity contribution in [1.82, 2.24) is 0 Å². The van der Waals surface area contributed by atoms with Gasteiger partial charge in [-0.2, -0.15) is 25.3 Å². The van der Waals surface area contributed by atoms with Gasteiger partial charge in [0.15, 0.2) is 21.3 Å². The van der Waals surface area contributed by atoms with Gasteiger partial charge >= 0.3 is 10.4 Å². The molecule has 39 heavy (non-hydrogen) atoms. The van der Waals surface area contributed by atoms with Crippen molar-refractivity contribution in [3.05, 3.63) is 36.4 Å². The Hall–Kier alpha value is -3.44. The molecular weight excluding hydrogens is 610 g/mol. The summed E-state index contributed by atoms with van der Waals surface area (Å²) >= 11 is 0. The lowest BCUT2D eigenvalue weighted by molar-refractivity contribution is 0.284. The van der Waals surface area contributed by atoms with Crippen LogP contribution in [0.5, 0.6) is 11.5 Å². The smallest absolute Gasteiger partial charge is 0.397 e. The molecule has 3 aromatic rings. The Kier molecular flexibility index (Phi) is 7.93. The molecule has 17 nitrogen and oxygen atoms in total.